The number of nitrogens with two attached hydrogens (primary N) is 1. The van der Waals surface area contributed by atoms with Gasteiger partial charge in [0.1, 0.15) is 11.6 Å². The molecule has 0 spiro atoms. The van der Waals surface area contributed by atoms with Crippen molar-refractivity contribution < 1.29 is 4.74 Å². The van der Waals surface area contributed by atoms with Gasteiger partial charge in [-0.1, -0.05) is 0 Å². The van der Waals surface area contributed by atoms with Crippen molar-refractivity contribution in [3.63, 3.8) is 0 Å². The first-order valence-electron chi connectivity index (χ1n) is 9.86. The Labute approximate surface area is 169 Å². The zero-order chi connectivity index (χ0) is 19.6. The minimum atomic E-state index is 0.0374. The summed E-state index contributed by atoms with van der Waals surface area (Å²) in [5, 5.41) is 3.56. The molecule has 4 heterocycles. The summed E-state index contributed by atoms with van der Waals surface area (Å²) >= 11 is 0. The molecule has 1 fully saturated rings. The number of nitrogen functional groups attached to an aromatic ring is 1. The predicted molar refractivity (Wildman–Crippen MR) is 110 cm³/mol. The summed E-state index contributed by atoms with van der Waals surface area (Å²) in [7, 11) is 0. The van der Waals surface area contributed by atoms with Gasteiger partial charge in [0.2, 0.25) is 0 Å². The maximum absolute atomic E-state index is 5.86. The minimum Gasteiger partial charge on any atom is -0.399 e. The van der Waals surface area contributed by atoms with E-state index in [1.807, 2.05) is 30.3 Å². The van der Waals surface area contributed by atoms with E-state index >= 15 is 0 Å². The lowest BCUT2D eigenvalue weighted by Crippen LogP contribution is -2.39. The number of morpholine rings is 1. The molecule has 8 nitrogen and oxygen atoms in total. The molecule has 5 rings (SSSR count). The van der Waals surface area contributed by atoms with Gasteiger partial charge in [-0.25, -0.2) is 19.9 Å². The van der Waals surface area contributed by atoms with E-state index in [1.54, 1.807) is 12.4 Å². The molecular formula is C21H23N7O. The molecule has 0 bridgehead atoms. The smallest absolute Gasteiger partial charge is 0.161 e. The summed E-state index contributed by atoms with van der Waals surface area (Å²) in [6.45, 7) is 3.77. The Morgan fingerprint density at radius 2 is 1.79 bits per heavy atom. The van der Waals surface area contributed by atoms with E-state index in [-0.39, 0.29) is 6.04 Å². The number of anilines is 2. The molecule has 3 aromatic rings. The molecule has 0 amide bonds. The quantitative estimate of drug-likeness (QED) is 0.653. The molecule has 1 unspecified atom stereocenters. The van der Waals surface area contributed by atoms with E-state index in [0.717, 1.165) is 59.5 Å². The summed E-state index contributed by atoms with van der Waals surface area (Å²) in [5.41, 5.74) is 9.75. The topological polar surface area (TPSA) is 102 Å². The first-order chi connectivity index (χ1) is 14.3. The highest BCUT2D eigenvalue weighted by Gasteiger charge is 2.28. The lowest BCUT2D eigenvalue weighted by molar-refractivity contribution is 0.122. The van der Waals surface area contributed by atoms with Crippen molar-refractivity contribution in [1.29, 1.82) is 0 Å². The van der Waals surface area contributed by atoms with E-state index in [9.17, 15) is 0 Å². The van der Waals surface area contributed by atoms with Gasteiger partial charge in [0.05, 0.1) is 24.9 Å². The Bertz CT molecular complexity index is 988. The van der Waals surface area contributed by atoms with Gasteiger partial charge in [0, 0.05) is 55.3 Å². The summed E-state index contributed by atoms with van der Waals surface area (Å²) in [6, 6.07) is 9.58. The second-order valence-electron chi connectivity index (χ2n) is 7.26. The van der Waals surface area contributed by atoms with Crippen LogP contribution in [0.1, 0.15) is 23.1 Å². The van der Waals surface area contributed by atoms with Crippen molar-refractivity contribution in [3.05, 3.63) is 59.8 Å². The van der Waals surface area contributed by atoms with Crippen molar-refractivity contribution in [2.45, 2.75) is 19.0 Å². The monoisotopic (exact) mass is 389 g/mol. The fourth-order valence-corrected chi connectivity index (χ4v) is 3.83. The molecular weight excluding hydrogens is 366 g/mol. The SMILES string of the molecule is Nc1ccc(-c2nc3c(c(N4CCOCC4)n2)CNC(c2ncccn2)C3)cc1. The Morgan fingerprint density at radius 3 is 2.55 bits per heavy atom. The first kappa shape index (κ1) is 18.0. The second kappa shape index (κ2) is 7.73. The molecule has 3 N–H and O–H groups in total. The Kier molecular flexibility index (Phi) is 4.79. The summed E-state index contributed by atoms with van der Waals surface area (Å²) in [6.07, 6.45) is 4.28. The average Bonchev–Trinajstić information content (AvgIpc) is 2.79. The van der Waals surface area contributed by atoms with Crippen LogP contribution in [-0.2, 0) is 17.7 Å². The van der Waals surface area contributed by atoms with Gasteiger partial charge in [-0.2, -0.15) is 0 Å². The number of rotatable bonds is 3. The molecule has 0 saturated carbocycles. The summed E-state index contributed by atoms with van der Waals surface area (Å²) in [4.78, 5) is 21.0. The van der Waals surface area contributed by atoms with E-state index < -0.39 is 0 Å². The molecule has 0 aliphatic carbocycles. The molecule has 8 heteroatoms. The minimum absolute atomic E-state index is 0.0374. The molecule has 2 aliphatic rings. The zero-order valence-corrected chi connectivity index (χ0v) is 16.1. The van der Waals surface area contributed by atoms with Crippen LogP contribution in [0, 0.1) is 0 Å². The van der Waals surface area contributed by atoms with Crippen LogP contribution in [0.3, 0.4) is 0 Å². The van der Waals surface area contributed by atoms with Crippen LogP contribution in [0.25, 0.3) is 11.4 Å². The molecule has 148 valence electrons. The number of nitrogens with one attached hydrogen (secondary N) is 1. The van der Waals surface area contributed by atoms with Crippen LogP contribution >= 0.6 is 0 Å². The predicted octanol–water partition coefficient (Wildman–Crippen LogP) is 1.74. The van der Waals surface area contributed by atoms with E-state index in [2.05, 4.69) is 20.2 Å². The molecule has 29 heavy (non-hydrogen) atoms. The highest BCUT2D eigenvalue weighted by molar-refractivity contribution is 5.63. The van der Waals surface area contributed by atoms with Crippen LogP contribution in [0.5, 0.6) is 0 Å². The molecule has 1 atom stereocenters. The number of ether oxygens (including phenoxy) is 1. The van der Waals surface area contributed by atoms with E-state index in [1.165, 1.54) is 0 Å². The van der Waals surface area contributed by atoms with Crippen molar-refractivity contribution in [3.8, 4) is 11.4 Å². The summed E-state index contributed by atoms with van der Waals surface area (Å²) in [5.74, 6) is 2.50. The zero-order valence-electron chi connectivity index (χ0n) is 16.1. The lowest BCUT2D eigenvalue weighted by atomic mass is 9.99. The Morgan fingerprint density at radius 1 is 1.03 bits per heavy atom. The fraction of sp³-hybridized carbons (Fsp3) is 0.333. The standard InChI is InChI=1S/C21H23N7O/c22-15-4-2-14(3-5-15)19-26-17-12-18(20-23-6-1-7-24-20)25-13-16(17)21(27-19)28-8-10-29-11-9-28/h1-7,18,25H,8-13,22H2. The number of nitrogens with zero attached hydrogens (tertiary/aromatic N) is 5. The normalized spacial score (nSPS) is 19.0. The number of hydrogen-bond donors (Lipinski definition) is 2. The van der Waals surface area contributed by atoms with Crippen LogP contribution in [0.2, 0.25) is 0 Å². The molecule has 2 aromatic heterocycles. The fourth-order valence-electron chi connectivity index (χ4n) is 3.83. The van der Waals surface area contributed by atoms with Crippen molar-refractivity contribution in [2.24, 2.45) is 0 Å². The molecule has 2 aliphatic heterocycles. The third-order valence-corrected chi connectivity index (χ3v) is 5.37. The van der Waals surface area contributed by atoms with Gasteiger partial charge in [0.15, 0.2) is 5.82 Å². The van der Waals surface area contributed by atoms with Crippen molar-refractivity contribution in [2.75, 3.05) is 36.9 Å². The Balaban J connectivity index is 1.56. The third-order valence-electron chi connectivity index (χ3n) is 5.37. The third kappa shape index (κ3) is 3.64. The van der Waals surface area contributed by atoms with Crippen LogP contribution in [-0.4, -0.2) is 46.2 Å². The highest BCUT2D eigenvalue weighted by atomic mass is 16.5. The van der Waals surface area contributed by atoms with Crippen LogP contribution < -0.4 is 16.0 Å². The highest BCUT2D eigenvalue weighted by Crippen LogP contribution is 2.32. The van der Waals surface area contributed by atoms with Gasteiger partial charge in [0.25, 0.3) is 0 Å². The number of benzene rings is 1. The van der Waals surface area contributed by atoms with E-state index in [4.69, 9.17) is 20.4 Å². The maximum atomic E-state index is 5.86. The van der Waals surface area contributed by atoms with Crippen LogP contribution in [0.4, 0.5) is 11.5 Å². The van der Waals surface area contributed by atoms with Crippen molar-refractivity contribution in [1.82, 2.24) is 25.3 Å². The number of fused-ring (bicyclic) bond motifs is 1. The second-order valence-corrected chi connectivity index (χ2v) is 7.26. The van der Waals surface area contributed by atoms with Gasteiger partial charge in [-0.15, -0.1) is 0 Å². The van der Waals surface area contributed by atoms with E-state index in [0.29, 0.717) is 19.8 Å². The average molecular weight is 389 g/mol. The number of aromatic nitrogens is 4. The van der Waals surface area contributed by atoms with Gasteiger partial charge >= 0.3 is 0 Å². The lowest BCUT2D eigenvalue weighted by Gasteiger charge is -2.33. The van der Waals surface area contributed by atoms with Gasteiger partial charge in [-0.3, -0.25) is 0 Å². The van der Waals surface area contributed by atoms with Crippen LogP contribution in [0.15, 0.2) is 42.7 Å². The first-order valence-corrected chi connectivity index (χ1v) is 9.86. The Hall–Kier alpha value is -3.10. The van der Waals surface area contributed by atoms with Gasteiger partial charge in [-0.05, 0) is 30.3 Å². The van der Waals surface area contributed by atoms with Crippen molar-refractivity contribution >= 4 is 11.5 Å². The maximum Gasteiger partial charge on any atom is 0.161 e. The molecule has 0 radical (unpaired) electrons. The van der Waals surface area contributed by atoms with Gasteiger partial charge < -0.3 is 20.7 Å². The molecule has 1 aromatic carbocycles. The molecule has 1 saturated heterocycles. The largest absolute Gasteiger partial charge is 0.399 e. The summed E-state index contributed by atoms with van der Waals surface area (Å²) < 4.78 is 5.54. The number of hydrogen-bond acceptors (Lipinski definition) is 8.